The lowest BCUT2D eigenvalue weighted by Gasteiger charge is -2.13. The Morgan fingerprint density at radius 2 is 1.86 bits per heavy atom. The molecule has 2 heterocycles. The van der Waals surface area contributed by atoms with Gasteiger partial charge in [-0.1, -0.05) is 17.7 Å². The lowest BCUT2D eigenvalue weighted by atomic mass is 10.2. The van der Waals surface area contributed by atoms with E-state index in [4.69, 9.17) is 21.1 Å². The molecule has 1 amide bonds. The van der Waals surface area contributed by atoms with Crippen LogP contribution < -0.4 is 20.1 Å². The number of carbonyl (C=O) groups excluding carboxylic acids is 1. The summed E-state index contributed by atoms with van der Waals surface area (Å²) in [4.78, 5) is 24.9. The maximum atomic E-state index is 12.5. The first-order valence-electron chi connectivity index (χ1n) is 8.28. The maximum absolute atomic E-state index is 12.5. The van der Waals surface area contributed by atoms with E-state index in [0.29, 0.717) is 40.3 Å². The van der Waals surface area contributed by atoms with Crippen LogP contribution in [0.2, 0.25) is 5.02 Å². The fourth-order valence-electron chi connectivity index (χ4n) is 2.37. The summed E-state index contributed by atoms with van der Waals surface area (Å²) in [5.41, 5.74) is 1.71. The van der Waals surface area contributed by atoms with E-state index in [0.717, 1.165) is 5.56 Å². The molecule has 0 aliphatic rings. The number of hydrogen-bond donors (Lipinski definition) is 2. The van der Waals surface area contributed by atoms with Crippen LogP contribution in [0.4, 0.5) is 11.6 Å². The molecule has 0 aliphatic carbocycles. The van der Waals surface area contributed by atoms with Gasteiger partial charge in [-0.3, -0.25) is 9.78 Å². The summed E-state index contributed by atoms with van der Waals surface area (Å²) >= 11 is 6.08. The third-order valence-corrected chi connectivity index (χ3v) is 4.10. The summed E-state index contributed by atoms with van der Waals surface area (Å²) in [5, 5.41) is 6.20. The predicted molar refractivity (Wildman–Crippen MR) is 106 cm³/mol. The molecule has 0 bridgehead atoms. The Hall–Kier alpha value is -3.39. The van der Waals surface area contributed by atoms with E-state index in [2.05, 4.69) is 25.6 Å². The molecule has 0 radical (unpaired) electrons. The Balaban J connectivity index is 1.68. The van der Waals surface area contributed by atoms with Crippen LogP contribution in [0, 0.1) is 0 Å². The van der Waals surface area contributed by atoms with Crippen LogP contribution in [0.1, 0.15) is 15.9 Å². The number of nitrogens with zero attached hydrogens (tertiary/aromatic N) is 3. The van der Waals surface area contributed by atoms with Gasteiger partial charge in [0.1, 0.15) is 11.5 Å². The Morgan fingerprint density at radius 1 is 1.11 bits per heavy atom. The minimum absolute atomic E-state index is 0.294. The van der Waals surface area contributed by atoms with Crippen molar-refractivity contribution in [1.29, 1.82) is 0 Å². The van der Waals surface area contributed by atoms with E-state index in [-0.39, 0.29) is 5.91 Å². The minimum Gasteiger partial charge on any atom is -0.495 e. The van der Waals surface area contributed by atoms with Crippen molar-refractivity contribution in [1.82, 2.24) is 15.0 Å². The molecule has 2 aromatic heterocycles. The van der Waals surface area contributed by atoms with E-state index >= 15 is 0 Å². The van der Waals surface area contributed by atoms with Crippen molar-refractivity contribution in [2.75, 3.05) is 24.9 Å². The third kappa shape index (κ3) is 4.66. The van der Waals surface area contributed by atoms with E-state index in [9.17, 15) is 4.79 Å². The second kappa shape index (κ2) is 9.01. The largest absolute Gasteiger partial charge is 0.495 e. The number of rotatable bonds is 7. The van der Waals surface area contributed by atoms with Crippen LogP contribution in [0.3, 0.4) is 0 Å². The first kappa shape index (κ1) is 19.4. The van der Waals surface area contributed by atoms with Gasteiger partial charge < -0.3 is 20.1 Å². The van der Waals surface area contributed by atoms with Gasteiger partial charge in [-0.15, -0.1) is 0 Å². The highest BCUT2D eigenvalue weighted by atomic mass is 35.5. The molecule has 2 N–H and O–H groups in total. The lowest BCUT2D eigenvalue weighted by Crippen LogP contribution is -2.14. The zero-order valence-electron chi connectivity index (χ0n) is 15.3. The van der Waals surface area contributed by atoms with Gasteiger partial charge >= 0.3 is 0 Å². The van der Waals surface area contributed by atoms with Gasteiger partial charge in [0, 0.05) is 43.5 Å². The van der Waals surface area contributed by atoms with Crippen LogP contribution >= 0.6 is 11.6 Å². The molecule has 28 heavy (non-hydrogen) atoms. The lowest BCUT2D eigenvalue weighted by molar-refractivity contribution is 0.102. The first-order chi connectivity index (χ1) is 13.6. The number of nitrogens with one attached hydrogen (secondary N) is 2. The van der Waals surface area contributed by atoms with Crippen LogP contribution in [-0.4, -0.2) is 35.1 Å². The minimum atomic E-state index is -0.388. The zero-order valence-corrected chi connectivity index (χ0v) is 16.0. The molecule has 144 valence electrons. The van der Waals surface area contributed by atoms with Crippen molar-refractivity contribution >= 4 is 29.1 Å². The van der Waals surface area contributed by atoms with Gasteiger partial charge in [0.25, 0.3) is 5.91 Å². The molecule has 0 fully saturated rings. The number of ether oxygens (including phenoxy) is 2. The average molecular weight is 400 g/mol. The molecular weight excluding hydrogens is 382 g/mol. The van der Waals surface area contributed by atoms with Crippen LogP contribution in [0.15, 0.2) is 49.1 Å². The molecule has 0 unspecified atom stereocenters. The smallest absolute Gasteiger partial charge is 0.258 e. The number of aromatic nitrogens is 3. The van der Waals surface area contributed by atoms with E-state index in [1.807, 2.05) is 12.1 Å². The number of methoxy groups -OCH3 is 2. The number of anilines is 2. The molecule has 0 saturated carbocycles. The number of halogens is 1. The molecule has 0 aliphatic heterocycles. The van der Waals surface area contributed by atoms with Crippen molar-refractivity contribution in [3.63, 3.8) is 0 Å². The Morgan fingerprint density at radius 3 is 2.50 bits per heavy atom. The summed E-state index contributed by atoms with van der Waals surface area (Å²) in [7, 11) is 2.98. The van der Waals surface area contributed by atoms with Gasteiger partial charge in [0.05, 0.1) is 30.5 Å². The molecule has 9 heteroatoms. The van der Waals surface area contributed by atoms with Crippen molar-refractivity contribution in [3.8, 4) is 11.5 Å². The van der Waals surface area contributed by atoms with Gasteiger partial charge in [-0.2, -0.15) is 0 Å². The summed E-state index contributed by atoms with van der Waals surface area (Å²) < 4.78 is 10.4. The average Bonchev–Trinajstić information content (AvgIpc) is 2.74. The van der Waals surface area contributed by atoms with Crippen molar-refractivity contribution in [2.45, 2.75) is 6.54 Å². The van der Waals surface area contributed by atoms with Gasteiger partial charge in [0.2, 0.25) is 5.95 Å². The number of hydrogen-bond acceptors (Lipinski definition) is 7. The monoisotopic (exact) mass is 399 g/mol. The topological polar surface area (TPSA) is 98.3 Å². The summed E-state index contributed by atoms with van der Waals surface area (Å²) in [6.07, 6.45) is 6.34. The molecular formula is C19H18ClN5O3. The Labute approximate surface area is 166 Å². The Bertz CT molecular complexity index is 952. The molecule has 0 spiro atoms. The zero-order chi connectivity index (χ0) is 19.9. The first-order valence-corrected chi connectivity index (χ1v) is 8.66. The highest BCUT2D eigenvalue weighted by molar-refractivity contribution is 6.32. The van der Waals surface area contributed by atoms with Gasteiger partial charge in [-0.25, -0.2) is 9.97 Å². The van der Waals surface area contributed by atoms with Crippen LogP contribution in [-0.2, 0) is 6.54 Å². The normalized spacial score (nSPS) is 10.2. The molecule has 1 aromatic carbocycles. The van der Waals surface area contributed by atoms with E-state index < -0.39 is 0 Å². The summed E-state index contributed by atoms with van der Waals surface area (Å²) in [6.45, 7) is 0.529. The molecule has 8 nitrogen and oxygen atoms in total. The number of benzene rings is 1. The Kier molecular flexibility index (Phi) is 6.23. The fourth-order valence-corrected chi connectivity index (χ4v) is 2.60. The fraction of sp³-hybridized carbons (Fsp3) is 0.158. The standard InChI is InChI=1S/C19H18ClN5O3/c1-27-16-7-15(17(28-2)6-14(16)20)25-18(26)13-10-23-19(24-11-13)22-9-12-4-3-5-21-8-12/h3-8,10-11H,9H2,1-2H3,(H,25,26)(H,22,23,24). The van der Waals surface area contributed by atoms with Crippen LogP contribution in [0.25, 0.3) is 0 Å². The number of amides is 1. The van der Waals surface area contributed by atoms with Crippen molar-refractivity contribution < 1.29 is 14.3 Å². The van der Waals surface area contributed by atoms with Crippen molar-refractivity contribution in [3.05, 3.63) is 65.2 Å². The highest BCUT2D eigenvalue weighted by Crippen LogP contribution is 2.36. The van der Waals surface area contributed by atoms with E-state index in [1.54, 1.807) is 24.5 Å². The van der Waals surface area contributed by atoms with Gasteiger partial charge in [-0.05, 0) is 11.6 Å². The van der Waals surface area contributed by atoms with Crippen molar-refractivity contribution in [2.24, 2.45) is 0 Å². The quantitative estimate of drug-likeness (QED) is 0.628. The summed E-state index contributed by atoms with van der Waals surface area (Å²) in [6, 6.07) is 6.95. The SMILES string of the molecule is COc1cc(NC(=O)c2cnc(NCc3cccnc3)nc2)c(OC)cc1Cl. The summed E-state index contributed by atoms with van der Waals surface area (Å²) in [5.74, 6) is 0.853. The predicted octanol–water partition coefficient (Wildman–Crippen LogP) is 3.41. The number of carbonyl (C=O) groups is 1. The van der Waals surface area contributed by atoms with E-state index in [1.165, 1.54) is 26.6 Å². The van der Waals surface area contributed by atoms with Crippen LogP contribution in [0.5, 0.6) is 11.5 Å². The molecule has 3 rings (SSSR count). The highest BCUT2D eigenvalue weighted by Gasteiger charge is 2.14. The second-order valence-electron chi connectivity index (χ2n) is 5.65. The maximum Gasteiger partial charge on any atom is 0.258 e. The molecule has 3 aromatic rings. The third-order valence-electron chi connectivity index (χ3n) is 3.81. The van der Waals surface area contributed by atoms with Gasteiger partial charge in [0.15, 0.2) is 0 Å². The molecule has 0 saturated heterocycles. The molecule has 0 atom stereocenters. The number of pyridine rings is 1. The second-order valence-corrected chi connectivity index (χ2v) is 6.06.